The molecule has 0 aliphatic heterocycles. The van der Waals surface area contributed by atoms with Gasteiger partial charge in [0.05, 0.1) is 0 Å². The number of para-hydroxylation sites is 3. The summed E-state index contributed by atoms with van der Waals surface area (Å²) in [5.74, 6) is 0. The summed E-state index contributed by atoms with van der Waals surface area (Å²) in [6.07, 6.45) is 0. The molecule has 0 saturated heterocycles. The van der Waals surface area contributed by atoms with Gasteiger partial charge in [0.15, 0.2) is 0 Å². The zero-order valence-corrected chi connectivity index (χ0v) is 44.6. The van der Waals surface area contributed by atoms with Gasteiger partial charge in [0.25, 0.3) is 0 Å². The maximum absolute atomic E-state index is 7.07. The zero-order chi connectivity index (χ0) is 51.5. The van der Waals surface area contributed by atoms with Crippen molar-refractivity contribution in [1.82, 2.24) is 0 Å². The van der Waals surface area contributed by atoms with Crippen LogP contribution in [0.5, 0.6) is 0 Å². The summed E-state index contributed by atoms with van der Waals surface area (Å²) in [4.78, 5) is 2.51. The fourth-order valence-corrected chi connectivity index (χ4v) is 15.2. The second-order valence-corrected chi connectivity index (χ2v) is 24.4. The molecule has 0 unspecified atom stereocenters. The van der Waals surface area contributed by atoms with Gasteiger partial charge in [-0.1, -0.05) is 183 Å². The predicted molar refractivity (Wildman–Crippen MR) is 316 cm³/mol. The molecule has 3 nitrogen and oxygen atoms in total. The first-order valence-electron chi connectivity index (χ1n) is 27.2. The lowest BCUT2D eigenvalue weighted by Crippen LogP contribution is -2.24. The number of aryl methyl sites for hydroxylation is 1. The van der Waals surface area contributed by atoms with Gasteiger partial charge >= 0.3 is 0 Å². The summed E-state index contributed by atoms with van der Waals surface area (Å²) in [6, 6.07) is 68.1. The Labute approximate surface area is 444 Å². The molecule has 0 N–H and O–H groups in total. The van der Waals surface area contributed by atoms with E-state index in [2.05, 4.69) is 249 Å². The highest BCUT2D eigenvalue weighted by Gasteiger charge is 2.49. The monoisotopic (exact) mass is 979 g/mol. The lowest BCUT2D eigenvalue weighted by Gasteiger charge is -2.32. The third-order valence-electron chi connectivity index (χ3n) is 18.9. The Kier molecular flexibility index (Phi) is 8.38. The molecule has 4 aliphatic rings. The number of hydrogen-bond acceptors (Lipinski definition) is 3. The number of nitrogens with zero attached hydrogens (tertiary/aromatic N) is 1. The van der Waals surface area contributed by atoms with Crippen LogP contribution in [-0.2, 0) is 21.7 Å². The van der Waals surface area contributed by atoms with Crippen molar-refractivity contribution in [2.45, 2.75) is 84.0 Å². The molecule has 0 spiro atoms. The Bertz CT molecular complexity index is 4600. The number of hydrogen-bond donors (Lipinski definition) is 0. The van der Waals surface area contributed by atoms with Crippen molar-refractivity contribution in [3.8, 4) is 55.6 Å². The number of fused-ring (bicyclic) bond motifs is 22. The fraction of sp³-hybridized carbons (Fsp3) is 0.178. The van der Waals surface area contributed by atoms with Crippen molar-refractivity contribution in [3.05, 3.63) is 232 Å². The molecule has 4 aliphatic carbocycles. The Hall–Kier alpha value is -8.40. The minimum absolute atomic E-state index is 0.121. The summed E-state index contributed by atoms with van der Waals surface area (Å²) in [6.45, 7) is 21.6. The Morgan fingerprint density at radius 2 is 0.816 bits per heavy atom. The maximum Gasteiger partial charge on any atom is 0.144 e. The van der Waals surface area contributed by atoms with E-state index in [1.807, 2.05) is 0 Å². The second kappa shape index (κ2) is 14.5. The topological polar surface area (TPSA) is 29.5 Å². The van der Waals surface area contributed by atoms with Crippen LogP contribution in [0.1, 0.15) is 105 Å². The van der Waals surface area contributed by atoms with E-state index in [1.54, 1.807) is 0 Å². The SMILES string of the molecule is Cc1ccccc1N(c1ccc2c(c1)C(C)(C)c1cc(-c3ccc4c(c3)C(C)(C)c3ccccc3-4)c3oc4ccccc4c3c1-2)c1ccc2c(c1)C(C)(C)c1c3c(c4c(oc5ccccc54)c1-2)-c1ccccc1C3(C)C. The smallest absolute Gasteiger partial charge is 0.144 e. The van der Waals surface area contributed by atoms with Crippen LogP contribution in [0.25, 0.3) is 99.5 Å². The van der Waals surface area contributed by atoms with Crippen LogP contribution in [-0.4, -0.2) is 0 Å². The minimum Gasteiger partial charge on any atom is -0.455 e. The molecule has 0 amide bonds. The average molecular weight is 980 g/mol. The van der Waals surface area contributed by atoms with Crippen LogP contribution in [0.2, 0.25) is 0 Å². The van der Waals surface area contributed by atoms with E-state index in [0.29, 0.717) is 0 Å². The third-order valence-corrected chi connectivity index (χ3v) is 18.9. The highest BCUT2D eigenvalue weighted by molar-refractivity contribution is 6.21. The molecule has 3 heteroatoms. The second-order valence-electron chi connectivity index (χ2n) is 24.4. The summed E-state index contributed by atoms with van der Waals surface area (Å²) in [7, 11) is 0. The van der Waals surface area contributed by atoms with E-state index in [9.17, 15) is 0 Å². The largest absolute Gasteiger partial charge is 0.455 e. The van der Waals surface area contributed by atoms with Crippen molar-refractivity contribution in [2.75, 3.05) is 4.90 Å². The zero-order valence-electron chi connectivity index (χ0n) is 44.6. The molecular weight excluding hydrogens is 923 g/mol. The van der Waals surface area contributed by atoms with Gasteiger partial charge in [-0.3, -0.25) is 0 Å². The first-order chi connectivity index (χ1) is 36.7. The molecule has 0 fully saturated rings. The number of furan rings is 2. The van der Waals surface area contributed by atoms with E-state index in [4.69, 9.17) is 8.83 Å². The van der Waals surface area contributed by atoms with E-state index in [-0.39, 0.29) is 21.7 Å². The molecule has 0 saturated carbocycles. The first kappa shape index (κ1) is 43.9. The van der Waals surface area contributed by atoms with Crippen LogP contribution >= 0.6 is 0 Å². The molecule has 10 aromatic carbocycles. The van der Waals surface area contributed by atoms with Crippen molar-refractivity contribution in [1.29, 1.82) is 0 Å². The molecule has 16 rings (SSSR count). The molecule has 2 aromatic heterocycles. The quantitative estimate of drug-likeness (QED) is 0.176. The van der Waals surface area contributed by atoms with Gasteiger partial charge in [0.2, 0.25) is 0 Å². The van der Waals surface area contributed by atoms with Crippen molar-refractivity contribution in [3.63, 3.8) is 0 Å². The van der Waals surface area contributed by atoms with Crippen LogP contribution in [0.3, 0.4) is 0 Å². The van der Waals surface area contributed by atoms with Crippen molar-refractivity contribution < 1.29 is 8.83 Å². The van der Waals surface area contributed by atoms with Crippen molar-refractivity contribution in [2.24, 2.45) is 0 Å². The van der Waals surface area contributed by atoms with Gasteiger partial charge < -0.3 is 13.7 Å². The van der Waals surface area contributed by atoms with Crippen LogP contribution in [0.15, 0.2) is 191 Å². The average Bonchev–Trinajstić information content (AvgIpc) is 4.34. The van der Waals surface area contributed by atoms with E-state index < -0.39 is 0 Å². The molecular formula is C73H57NO2. The fourth-order valence-electron chi connectivity index (χ4n) is 15.2. The summed E-state index contributed by atoms with van der Waals surface area (Å²) >= 11 is 0. The predicted octanol–water partition coefficient (Wildman–Crippen LogP) is 20.2. The number of anilines is 3. The van der Waals surface area contributed by atoms with Gasteiger partial charge in [0.1, 0.15) is 22.3 Å². The lowest BCUT2D eigenvalue weighted by atomic mass is 9.72. The van der Waals surface area contributed by atoms with Crippen LogP contribution < -0.4 is 4.90 Å². The summed E-state index contributed by atoms with van der Waals surface area (Å²) < 4.78 is 14.1. The highest BCUT2D eigenvalue weighted by Crippen LogP contribution is 2.64. The third kappa shape index (κ3) is 5.38. The van der Waals surface area contributed by atoms with Crippen molar-refractivity contribution >= 4 is 60.9 Å². The van der Waals surface area contributed by atoms with E-state index in [0.717, 1.165) is 50.3 Å². The summed E-state index contributed by atoms with van der Waals surface area (Å²) in [5, 5.41) is 4.75. The van der Waals surface area contributed by atoms with Gasteiger partial charge in [-0.15, -0.1) is 0 Å². The standard InChI is InChI=1S/C73H57NO2/c1-40-20-10-17-27-58(40)74(43-32-35-48-56(38-43)73(8,9)67-65(48)69-64(50-24-14-19-29-60(50)76-69)62-46-22-12-16-26-53(46)72(6,7)66(62)67)42-31-34-47-55(37-42)71(4,5)57-39-51(68-63(61(47)57)49-23-13-18-28-59(49)75-68)41-30-33-45-44-21-11-15-25-52(44)70(2,3)54(45)36-41/h10-39H,1-9H3. The van der Waals surface area contributed by atoms with E-state index >= 15 is 0 Å². The molecule has 12 aromatic rings. The van der Waals surface area contributed by atoms with Crippen LogP contribution in [0.4, 0.5) is 17.1 Å². The Morgan fingerprint density at radius 1 is 0.342 bits per heavy atom. The summed E-state index contributed by atoms with van der Waals surface area (Å²) in [5.41, 5.74) is 30.9. The first-order valence-corrected chi connectivity index (χ1v) is 27.2. The van der Waals surface area contributed by atoms with Crippen LogP contribution in [0, 0.1) is 6.92 Å². The Balaban J connectivity index is 0.886. The minimum atomic E-state index is -0.342. The highest BCUT2D eigenvalue weighted by atomic mass is 16.3. The lowest BCUT2D eigenvalue weighted by molar-refractivity contribution is 0.600. The number of benzene rings is 10. The van der Waals surface area contributed by atoms with Gasteiger partial charge in [0, 0.05) is 71.4 Å². The molecule has 2 heterocycles. The molecule has 0 atom stereocenters. The van der Waals surface area contributed by atoms with Gasteiger partial charge in [-0.05, 0) is 156 Å². The molecule has 76 heavy (non-hydrogen) atoms. The normalized spacial score (nSPS) is 16.1. The number of rotatable bonds is 4. The molecule has 0 bridgehead atoms. The molecule has 366 valence electrons. The van der Waals surface area contributed by atoms with Gasteiger partial charge in [-0.2, -0.15) is 0 Å². The molecule has 0 radical (unpaired) electrons. The van der Waals surface area contributed by atoms with E-state index in [1.165, 1.54) is 116 Å². The van der Waals surface area contributed by atoms with Gasteiger partial charge in [-0.25, -0.2) is 0 Å². The Morgan fingerprint density at radius 3 is 1.51 bits per heavy atom. The maximum atomic E-state index is 7.07.